The summed E-state index contributed by atoms with van der Waals surface area (Å²) in [7, 11) is 0. The minimum absolute atomic E-state index is 0.0557. The number of nitrogens with zero attached hydrogens (tertiary/aromatic N) is 1. The first kappa shape index (κ1) is 11.7. The molecule has 1 rings (SSSR count). The molecule has 0 aliphatic heterocycles. The molecule has 0 saturated heterocycles. The van der Waals surface area contributed by atoms with Gasteiger partial charge in [-0.25, -0.2) is 0 Å². The maximum Gasteiger partial charge on any atom is 0.230 e. The molecule has 5 nitrogen and oxygen atoms in total. The van der Waals surface area contributed by atoms with Gasteiger partial charge in [0, 0.05) is 12.1 Å². The van der Waals surface area contributed by atoms with Crippen LogP contribution in [0.3, 0.4) is 0 Å². The smallest absolute Gasteiger partial charge is 0.230 e. The van der Waals surface area contributed by atoms with Crippen LogP contribution in [0.25, 0.3) is 0 Å². The van der Waals surface area contributed by atoms with Crippen LogP contribution >= 0.6 is 0 Å². The third kappa shape index (κ3) is 2.79. The van der Waals surface area contributed by atoms with Gasteiger partial charge in [0.05, 0.1) is 12.1 Å². The molecule has 4 N–H and O–H groups in total. The molecular weight excluding hydrogens is 192 g/mol. The van der Waals surface area contributed by atoms with Gasteiger partial charge in [-0.15, -0.1) is 0 Å². The van der Waals surface area contributed by atoms with Crippen molar-refractivity contribution in [2.24, 2.45) is 17.6 Å². The van der Waals surface area contributed by atoms with E-state index in [4.69, 9.17) is 5.73 Å². The largest absolute Gasteiger partial charge is 0.330 e. The minimum Gasteiger partial charge on any atom is -0.330 e. The molecule has 0 aliphatic carbocycles. The summed E-state index contributed by atoms with van der Waals surface area (Å²) >= 11 is 0. The summed E-state index contributed by atoms with van der Waals surface area (Å²) in [5.41, 5.74) is 6.47. The minimum atomic E-state index is -0.160. The number of amides is 1. The van der Waals surface area contributed by atoms with Gasteiger partial charge in [-0.1, -0.05) is 13.8 Å². The summed E-state index contributed by atoms with van der Waals surface area (Å²) in [5, 5.41) is 9.35. The number of H-pyrrole nitrogens is 1. The first-order valence-electron chi connectivity index (χ1n) is 5.07. The average Bonchev–Trinajstić information content (AvgIpc) is 2.52. The van der Waals surface area contributed by atoms with E-state index in [-0.39, 0.29) is 17.7 Å². The molecule has 0 fully saturated rings. The monoisotopic (exact) mass is 210 g/mol. The topological polar surface area (TPSA) is 83.8 Å². The molecule has 1 atom stereocenters. The van der Waals surface area contributed by atoms with Crippen molar-refractivity contribution < 1.29 is 4.79 Å². The Kier molecular flexibility index (Phi) is 3.85. The molecule has 0 aromatic carbocycles. The van der Waals surface area contributed by atoms with E-state index in [2.05, 4.69) is 15.5 Å². The number of carbonyl (C=O) groups is 1. The maximum absolute atomic E-state index is 11.8. The van der Waals surface area contributed by atoms with Gasteiger partial charge in [0.1, 0.15) is 5.82 Å². The van der Waals surface area contributed by atoms with Crippen molar-refractivity contribution in [1.29, 1.82) is 0 Å². The van der Waals surface area contributed by atoms with Gasteiger partial charge in [0.2, 0.25) is 5.91 Å². The van der Waals surface area contributed by atoms with Gasteiger partial charge in [-0.3, -0.25) is 9.89 Å². The molecule has 1 amide bonds. The van der Waals surface area contributed by atoms with Gasteiger partial charge in [-0.2, -0.15) is 5.10 Å². The fraction of sp³-hybridized carbons (Fsp3) is 0.600. The number of carbonyl (C=O) groups excluding carboxylic acids is 1. The summed E-state index contributed by atoms with van der Waals surface area (Å²) in [4.78, 5) is 11.8. The third-order valence-electron chi connectivity index (χ3n) is 2.47. The molecule has 0 saturated carbocycles. The Bertz CT molecular complexity index is 332. The van der Waals surface area contributed by atoms with Crippen LogP contribution in [-0.2, 0) is 4.79 Å². The quantitative estimate of drug-likeness (QED) is 0.690. The van der Waals surface area contributed by atoms with Crippen LogP contribution in [0.5, 0.6) is 0 Å². The fourth-order valence-electron chi connectivity index (χ4n) is 1.37. The van der Waals surface area contributed by atoms with Crippen LogP contribution in [0.2, 0.25) is 0 Å². The zero-order valence-corrected chi connectivity index (χ0v) is 9.37. The third-order valence-corrected chi connectivity index (χ3v) is 2.47. The molecule has 15 heavy (non-hydrogen) atoms. The molecule has 84 valence electrons. The Labute approximate surface area is 89.4 Å². The Morgan fingerprint density at radius 1 is 1.67 bits per heavy atom. The van der Waals surface area contributed by atoms with Gasteiger partial charge >= 0.3 is 0 Å². The molecule has 1 heterocycles. The lowest BCUT2D eigenvalue weighted by Crippen LogP contribution is -2.33. The lowest BCUT2D eigenvalue weighted by atomic mass is 9.95. The van der Waals surface area contributed by atoms with E-state index < -0.39 is 0 Å². The number of aryl methyl sites for hydroxylation is 1. The predicted molar refractivity (Wildman–Crippen MR) is 59.3 cm³/mol. The number of aromatic nitrogens is 2. The summed E-state index contributed by atoms with van der Waals surface area (Å²) in [6.07, 6.45) is 1.67. The standard InChI is InChI=1S/C10H18N4O/c1-6(2)8(4-11)10(15)13-9-7(3)5-12-14-9/h5-6,8H,4,11H2,1-3H3,(H2,12,13,14,15). The van der Waals surface area contributed by atoms with Crippen LogP contribution in [-0.4, -0.2) is 22.6 Å². The van der Waals surface area contributed by atoms with Crippen molar-refractivity contribution >= 4 is 11.7 Å². The van der Waals surface area contributed by atoms with E-state index in [0.29, 0.717) is 12.4 Å². The Balaban J connectivity index is 2.66. The molecule has 1 aromatic rings. The number of nitrogens with two attached hydrogens (primary N) is 1. The Morgan fingerprint density at radius 3 is 2.73 bits per heavy atom. The van der Waals surface area contributed by atoms with E-state index in [0.717, 1.165) is 5.56 Å². The number of rotatable bonds is 4. The molecule has 1 aromatic heterocycles. The summed E-state index contributed by atoms with van der Waals surface area (Å²) in [6, 6.07) is 0. The number of nitrogens with one attached hydrogen (secondary N) is 2. The molecular formula is C10H18N4O. The normalized spacial score (nSPS) is 12.9. The van der Waals surface area contributed by atoms with E-state index in [1.165, 1.54) is 0 Å². The fourth-order valence-corrected chi connectivity index (χ4v) is 1.37. The molecule has 0 aliphatic rings. The first-order valence-corrected chi connectivity index (χ1v) is 5.07. The number of hydrogen-bond donors (Lipinski definition) is 3. The zero-order valence-electron chi connectivity index (χ0n) is 9.37. The molecule has 0 spiro atoms. The second kappa shape index (κ2) is 4.93. The lowest BCUT2D eigenvalue weighted by Gasteiger charge is -2.17. The SMILES string of the molecule is Cc1cn[nH]c1NC(=O)C(CN)C(C)C. The van der Waals surface area contributed by atoms with E-state index in [9.17, 15) is 4.79 Å². The van der Waals surface area contributed by atoms with E-state index in [1.807, 2.05) is 20.8 Å². The van der Waals surface area contributed by atoms with Gasteiger partial charge in [-0.05, 0) is 12.8 Å². The second-order valence-corrected chi connectivity index (χ2v) is 4.00. The first-order chi connectivity index (χ1) is 7.06. The van der Waals surface area contributed by atoms with Crippen LogP contribution in [0, 0.1) is 18.8 Å². The van der Waals surface area contributed by atoms with Crippen LogP contribution in [0.1, 0.15) is 19.4 Å². The number of hydrogen-bond acceptors (Lipinski definition) is 3. The lowest BCUT2D eigenvalue weighted by molar-refractivity contribution is -0.120. The highest BCUT2D eigenvalue weighted by Gasteiger charge is 2.21. The molecule has 0 bridgehead atoms. The van der Waals surface area contributed by atoms with E-state index in [1.54, 1.807) is 6.20 Å². The maximum atomic E-state index is 11.8. The van der Waals surface area contributed by atoms with E-state index >= 15 is 0 Å². The van der Waals surface area contributed by atoms with Crippen molar-refractivity contribution in [2.75, 3.05) is 11.9 Å². The van der Waals surface area contributed by atoms with Crippen molar-refractivity contribution in [3.05, 3.63) is 11.8 Å². The molecule has 5 heteroatoms. The summed E-state index contributed by atoms with van der Waals surface area (Å²) in [5.74, 6) is 0.671. The zero-order chi connectivity index (χ0) is 11.4. The van der Waals surface area contributed by atoms with Crippen LogP contribution < -0.4 is 11.1 Å². The molecule has 1 unspecified atom stereocenters. The van der Waals surface area contributed by atoms with Crippen molar-refractivity contribution in [1.82, 2.24) is 10.2 Å². The number of aromatic amines is 1. The van der Waals surface area contributed by atoms with Gasteiger partial charge in [0.25, 0.3) is 0 Å². The van der Waals surface area contributed by atoms with Gasteiger partial charge in [0.15, 0.2) is 0 Å². The van der Waals surface area contributed by atoms with Crippen LogP contribution in [0.4, 0.5) is 5.82 Å². The highest BCUT2D eigenvalue weighted by molar-refractivity contribution is 5.92. The van der Waals surface area contributed by atoms with Crippen molar-refractivity contribution in [2.45, 2.75) is 20.8 Å². The predicted octanol–water partition coefficient (Wildman–Crippen LogP) is 0.888. The highest BCUT2D eigenvalue weighted by Crippen LogP contribution is 2.14. The average molecular weight is 210 g/mol. The Morgan fingerprint density at radius 2 is 2.33 bits per heavy atom. The van der Waals surface area contributed by atoms with Crippen molar-refractivity contribution in [3.8, 4) is 0 Å². The van der Waals surface area contributed by atoms with Crippen molar-refractivity contribution in [3.63, 3.8) is 0 Å². The Hall–Kier alpha value is -1.36. The second-order valence-electron chi connectivity index (χ2n) is 4.00. The highest BCUT2D eigenvalue weighted by atomic mass is 16.2. The van der Waals surface area contributed by atoms with Crippen LogP contribution in [0.15, 0.2) is 6.20 Å². The summed E-state index contributed by atoms with van der Waals surface area (Å²) in [6.45, 7) is 6.20. The summed E-state index contributed by atoms with van der Waals surface area (Å²) < 4.78 is 0. The number of anilines is 1. The molecule has 0 radical (unpaired) electrons. The van der Waals surface area contributed by atoms with Gasteiger partial charge < -0.3 is 11.1 Å².